The molecule has 2 aromatic rings. The molecule has 0 saturated heterocycles. The zero-order chi connectivity index (χ0) is 12.8. The van der Waals surface area contributed by atoms with Gasteiger partial charge in [-0.2, -0.15) is 11.3 Å². The van der Waals surface area contributed by atoms with E-state index in [1.165, 1.54) is 11.1 Å². The first kappa shape index (κ1) is 13.2. The third-order valence-corrected chi connectivity index (χ3v) is 3.78. The van der Waals surface area contributed by atoms with Crippen LogP contribution < -0.4 is 5.32 Å². The largest absolute Gasteiger partial charge is 0.309 e. The first-order chi connectivity index (χ1) is 8.79. The van der Waals surface area contributed by atoms with Gasteiger partial charge in [0.15, 0.2) is 0 Å². The van der Waals surface area contributed by atoms with Crippen LogP contribution in [0.15, 0.2) is 35.2 Å². The van der Waals surface area contributed by atoms with Gasteiger partial charge in [0.1, 0.15) is 0 Å². The first-order valence-electron chi connectivity index (χ1n) is 6.46. The molecule has 0 amide bonds. The van der Waals surface area contributed by atoms with Crippen LogP contribution in [-0.2, 0) is 6.42 Å². The van der Waals surface area contributed by atoms with E-state index in [4.69, 9.17) is 0 Å². The van der Waals surface area contributed by atoms with Crippen LogP contribution in [0.3, 0.4) is 0 Å². The molecule has 2 heterocycles. The average Bonchev–Trinajstić information content (AvgIpc) is 2.87. The summed E-state index contributed by atoms with van der Waals surface area (Å²) in [4.78, 5) is 4.50. The maximum atomic E-state index is 4.50. The Morgan fingerprint density at radius 3 is 2.94 bits per heavy atom. The third-order valence-electron chi connectivity index (χ3n) is 3.05. The predicted molar refractivity (Wildman–Crippen MR) is 78.0 cm³/mol. The molecule has 0 aliphatic carbocycles. The molecule has 0 aliphatic rings. The summed E-state index contributed by atoms with van der Waals surface area (Å²) in [5.74, 6) is 0. The summed E-state index contributed by atoms with van der Waals surface area (Å²) < 4.78 is 0. The fourth-order valence-electron chi connectivity index (χ4n) is 2.10. The lowest BCUT2D eigenvalue weighted by Crippen LogP contribution is -2.22. The van der Waals surface area contributed by atoms with E-state index in [9.17, 15) is 0 Å². The number of nitrogens with zero attached hydrogens (tertiary/aromatic N) is 1. The van der Waals surface area contributed by atoms with E-state index in [0.717, 1.165) is 25.1 Å². The van der Waals surface area contributed by atoms with Gasteiger partial charge >= 0.3 is 0 Å². The Labute approximate surface area is 113 Å². The van der Waals surface area contributed by atoms with Crippen LogP contribution in [0.2, 0.25) is 0 Å². The van der Waals surface area contributed by atoms with Gasteiger partial charge in [0.05, 0.1) is 5.69 Å². The summed E-state index contributed by atoms with van der Waals surface area (Å²) in [6, 6.07) is 6.79. The topological polar surface area (TPSA) is 24.9 Å². The SMILES string of the molecule is CCNC(CCc1ccsc1)c1cc(C)ccn1. The maximum Gasteiger partial charge on any atom is 0.0575 e. The minimum absolute atomic E-state index is 0.356. The molecule has 1 N–H and O–H groups in total. The summed E-state index contributed by atoms with van der Waals surface area (Å²) in [5.41, 5.74) is 3.86. The van der Waals surface area contributed by atoms with E-state index in [1.807, 2.05) is 12.3 Å². The van der Waals surface area contributed by atoms with Gasteiger partial charge < -0.3 is 5.32 Å². The van der Waals surface area contributed by atoms with Crippen LogP contribution in [0.1, 0.15) is 36.2 Å². The quantitative estimate of drug-likeness (QED) is 0.856. The molecule has 1 unspecified atom stereocenters. The number of aryl methyl sites for hydroxylation is 2. The van der Waals surface area contributed by atoms with E-state index < -0.39 is 0 Å². The summed E-state index contributed by atoms with van der Waals surface area (Å²) in [6.45, 7) is 5.24. The molecule has 3 heteroatoms. The van der Waals surface area contributed by atoms with Gasteiger partial charge in [-0.05, 0) is 66.4 Å². The van der Waals surface area contributed by atoms with E-state index in [2.05, 4.69) is 47.0 Å². The van der Waals surface area contributed by atoms with Crippen molar-refractivity contribution in [2.75, 3.05) is 6.54 Å². The highest BCUT2D eigenvalue weighted by Gasteiger charge is 2.11. The zero-order valence-corrected chi connectivity index (χ0v) is 11.8. The van der Waals surface area contributed by atoms with Gasteiger partial charge in [0, 0.05) is 12.2 Å². The Bertz CT molecular complexity index is 465. The van der Waals surface area contributed by atoms with Crippen LogP contribution in [0.5, 0.6) is 0 Å². The Morgan fingerprint density at radius 2 is 2.28 bits per heavy atom. The number of thiophene rings is 1. The Morgan fingerprint density at radius 1 is 1.39 bits per heavy atom. The molecule has 2 nitrogen and oxygen atoms in total. The Hall–Kier alpha value is -1.19. The van der Waals surface area contributed by atoms with Crippen molar-refractivity contribution in [1.82, 2.24) is 10.3 Å². The van der Waals surface area contributed by atoms with E-state index in [0.29, 0.717) is 6.04 Å². The number of hydrogen-bond donors (Lipinski definition) is 1. The molecule has 0 radical (unpaired) electrons. The van der Waals surface area contributed by atoms with Crippen LogP contribution in [0.4, 0.5) is 0 Å². The van der Waals surface area contributed by atoms with Crippen LogP contribution in [-0.4, -0.2) is 11.5 Å². The van der Waals surface area contributed by atoms with Gasteiger partial charge in [0.25, 0.3) is 0 Å². The van der Waals surface area contributed by atoms with Crippen molar-refractivity contribution in [2.45, 2.75) is 32.7 Å². The van der Waals surface area contributed by atoms with Crippen LogP contribution >= 0.6 is 11.3 Å². The molecule has 1 atom stereocenters. The van der Waals surface area contributed by atoms with Crippen LogP contribution in [0.25, 0.3) is 0 Å². The van der Waals surface area contributed by atoms with Gasteiger partial charge in [-0.15, -0.1) is 0 Å². The van der Waals surface area contributed by atoms with Crippen molar-refractivity contribution < 1.29 is 0 Å². The predicted octanol–water partition coefficient (Wildman–Crippen LogP) is 3.73. The molecule has 0 aromatic carbocycles. The van der Waals surface area contributed by atoms with Gasteiger partial charge in [-0.25, -0.2) is 0 Å². The minimum atomic E-state index is 0.356. The molecule has 2 aromatic heterocycles. The molecular weight excluding hydrogens is 240 g/mol. The molecule has 2 rings (SSSR count). The molecule has 0 bridgehead atoms. The molecule has 0 spiro atoms. The van der Waals surface area contributed by atoms with E-state index in [-0.39, 0.29) is 0 Å². The second-order valence-electron chi connectivity index (χ2n) is 4.54. The summed E-state index contributed by atoms with van der Waals surface area (Å²) >= 11 is 1.77. The molecule has 0 saturated carbocycles. The molecule has 96 valence electrons. The highest BCUT2D eigenvalue weighted by molar-refractivity contribution is 7.07. The van der Waals surface area contributed by atoms with Gasteiger partial charge in [-0.1, -0.05) is 6.92 Å². The Kier molecular flexibility index (Phi) is 4.90. The van der Waals surface area contributed by atoms with E-state index in [1.54, 1.807) is 11.3 Å². The number of pyridine rings is 1. The lowest BCUT2D eigenvalue weighted by atomic mass is 10.0. The van der Waals surface area contributed by atoms with Crippen molar-refractivity contribution in [3.63, 3.8) is 0 Å². The number of nitrogens with one attached hydrogen (secondary N) is 1. The first-order valence-corrected chi connectivity index (χ1v) is 7.41. The normalized spacial score (nSPS) is 12.6. The number of hydrogen-bond acceptors (Lipinski definition) is 3. The fraction of sp³-hybridized carbons (Fsp3) is 0.400. The van der Waals surface area contributed by atoms with Crippen LogP contribution in [0, 0.1) is 6.92 Å². The lowest BCUT2D eigenvalue weighted by molar-refractivity contribution is 0.504. The molecule has 0 fully saturated rings. The number of aromatic nitrogens is 1. The molecule has 18 heavy (non-hydrogen) atoms. The van der Waals surface area contributed by atoms with Crippen molar-refractivity contribution in [3.05, 3.63) is 52.0 Å². The third kappa shape index (κ3) is 3.65. The zero-order valence-electron chi connectivity index (χ0n) is 11.0. The highest BCUT2D eigenvalue weighted by Crippen LogP contribution is 2.19. The fourth-order valence-corrected chi connectivity index (χ4v) is 2.80. The second-order valence-corrected chi connectivity index (χ2v) is 5.32. The van der Waals surface area contributed by atoms with Crippen molar-refractivity contribution in [1.29, 1.82) is 0 Å². The summed E-state index contributed by atoms with van der Waals surface area (Å²) in [5, 5.41) is 7.90. The van der Waals surface area contributed by atoms with Crippen molar-refractivity contribution in [3.8, 4) is 0 Å². The standard InChI is InChI=1S/C15H20N2S/c1-3-16-14(5-4-13-7-9-18-11-13)15-10-12(2)6-8-17-15/h6-11,14,16H,3-5H2,1-2H3. The average molecular weight is 260 g/mol. The van der Waals surface area contributed by atoms with Gasteiger partial charge in [0.2, 0.25) is 0 Å². The maximum absolute atomic E-state index is 4.50. The second kappa shape index (κ2) is 6.66. The van der Waals surface area contributed by atoms with E-state index >= 15 is 0 Å². The smallest absolute Gasteiger partial charge is 0.0575 e. The summed E-state index contributed by atoms with van der Waals surface area (Å²) in [6.07, 6.45) is 4.11. The van der Waals surface area contributed by atoms with Crippen molar-refractivity contribution in [2.24, 2.45) is 0 Å². The molecule has 0 aliphatic heterocycles. The van der Waals surface area contributed by atoms with Gasteiger partial charge in [-0.3, -0.25) is 4.98 Å². The highest BCUT2D eigenvalue weighted by atomic mass is 32.1. The molecular formula is C15H20N2S. The monoisotopic (exact) mass is 260 g/mol. The minimum Gasteiger partial charge on any atom is -0.309 e. The lowest BCUT2D eigenvalue weighted by Gasteiger charge is -2.17. The Balaban J connectivity index is 2.03. The number of rotatable bonds is 6. The summed E-state index contributed by atoms with van der Waals surface area (Å²) in [7, 11) is 0. The van der Waals surface area contributed by atoms with Crippen molar-refractivity contribution >= 4 is 11.3 Å².